The van der Waals surface area contributed by atoms with E-state index in [1.165, 1.54) is 0 Å². The highest BCUT2D eigenvalue weighted by atomic mass is 28.4. The Hall–Kier alpha value is -0.943. The van der Waals surface area contributed by atoms with Crippen LogP contribution in [0.15, 0.2) is 30.8 Å². The van der Waals surface area contributed by atoms with E-state index in [-0.39, 0.29) is 0 Å². The van der Waals surface area contributed by atoms with Crippen molar-refractivity contribution in [2.45, 2.75) is 26.0 Å². The highest BCUT2D eigenvalue weighted by molar-refractivity contribution is 6.60. The molecule has 0 aromatic heterocycles. The van der Waals surface area contributed by atoms with Crippen LogP contribution < -0.4 is 0 Å². The molecule has 1 aromatic rings. The van der Waals surface area contributed by atoms with E-state index >= 15 is 0 Å². The average molecular weight is 266 g/mol. The number of hydrogen-bond acceptors (Lipinski definition) is 3. The Morgan fingerprint density at radius 3 is 2.56 bits per heavy atom. The fraction of sp³-hybridized carbons (Fsp3) is 0.429. The summed E-state index contributed by atoms with van der Waals surface area (Å²) in [5, 5.41) is 0. The van der Waals surface area contributed by atoms with Crippen LogP contribution in [-0.4, -0.2) is 23.0 Å². The lowest BCUT2D eigenvalue weighted by Crippen LogP contribution is -2.43. The minimum Gasteiger partial charge on any atom is -0.377 e. The number of hydrogen-bond donors (Lipinski definition) is 0. The topological polar surface area (TPSA) is 27.7 Å². The molecule has 0 N–H and O–H groups in total. The largest absolute Gasteiger partial charge is 0.500 e. The zero-order chi connectivity index (χ0) is 13.4. The Morgan fingerprint density at radius 1 is 1.28 bits per heavy atom. The molecular formula is C14H22O3Si. The molecule has 1 aromatic carbocycles. The summed E-state index contributed by atoms with van der Waals surface area (Å²) >= 11 is 0. The van der Waals surface area contributed by atoms with E-state index in [1.54, 1.807) is 14.2 Å². The first-order valence-corrected chi connectivity index (χ1v) is 8.08. The molecule has 0 amide bonds. The molecule has 0 bridgehead atoms. The maximum atomic E-state index is 5.91. The predicted molar refractivity (Wildman–Crippen MR) is 76.2 cm³/mol. The summed E-state index contributed by atoms with van der Waals surface area (Å²) in [6, 6.07) is 8.94. The van der Waals surface area contributed by atoms with Gasteiger partial charge in [-0.1, -0.05) is 44.2 Å². The van der Waals surface area contributed by atoms with Crippen molar-refractivity contribution in [3.63, 3.8) is 0 Å². The van der Waals surface area contributed by atoms with Crippen LogP contribution >= 0.6 is 0 Å². The molecule has 1 rings (SSSR count). The van der Waals surface area contributed by atoms with Gasteiger partial charge in [0, 0.05) is 20.3 Å². The Morgan fingerprint density at radius 2 is 2.00 bits per heavy atom. The second-order valence-corrected chi connectivity index (χ2v) is 7.05. The van der Waals surface area contributed by atoms with Gasteiger partial charge >= 0.3 is 8.80 Å². The van der Waals surface area contributed by atoms with E-state index in [9.17, 15) is 0 Å². The van der Waals surface area contributed by atoms with Gasteiger partial charge in [-0.2, -0.15) is 0 Å². The molecule has 0 radical (unpaired) electrons. The van der Waals surface area contributed by atoms with Gasteiger partial charge in [0.15, 0.2) is 0 Å². The monoisotopic (exact) mass is 266 g/mol. The molecule has 0 aliphatic heterocycles. The van der Waals surface area contributed by atoms with Crippen molar-refractivity contribution in [2.75, 3.05) is 14.2 Å². The van der Waals surface area contributed by atoms with E-state index in [2.05, 4.69) is 19.6 Å². The second kappa shape index (κ2) is 7.48. The van der Waals surface area contributed by atoms with Gasteiger partial charge in [-0.15, -0.1) is 0 Å². The van der Waals surface area contributed by atoms with Crippen molar-refractivity contribution in [2.24, 2.45) is 0 Å². The lowest BCUT2D eigenvalue weighted by molar-refractivity contribution is 0.0911. The number of benzene rings is 1. The van der Waals surface area contributed by atoms with Crippen LogP contribution in [0.25, 0.3) is 6.08 Å². The summed E-state index contributed by atoms with van der Waals surface area (Å²) < 4.78 is 16.9. The van der Waals surface area contributed by atoms with Crippen LogP contribution in [0.5, 0.6) is 0 Å². The molecule has 0 unspecified atom stereocenters. The quantitative estimate of drug-likeness (QED) is 0.674. The molecule has 0 saturated carbocycles. The summed E-state index contributed by atoms with van der Waals surface area (Å²) in [6.07, 6.45) is 2.81. The third-order valence-corrected chi connectivity index (χ3v) is 5.76. The first-order chi connectivity index (χ1) is 8.69. The molecule has 0 aliphatic carbocycles. The van der Waals surface area contributed by atoms with Crippen LogP contribution in [0, 0.1) is 0 Å². The highest BCUT2D eigenvalue weighted by Gasteiger charge is 2.37. The molecule has 0 fully saturated rings. The van der Waals surface area contributed by atoms with Crippen molar-refractivity contribution in [3.05, 3.63) is 42.0 Å². The molecular weight excluding hydrogens is 244 g/mol. The zero-order valence-corrected chi connectivity index (χ0v) is 12.4. The highest BCUT2D eigenvalue weighted by Crippen LogP contribution is 2.18. The van der Waals surface area contributed by atoms with E-state index in [0.717, 1.165) is 23.6 Å². The summed E-state index contributed by atoms with van der Waals surface area (Å²) in [4.78, 5) is 0. The Kier molecular flexibility index (Phi) is 6.28. The van der Waals surface area contributed by atoms with Crippen LogP contribution in [-0.2, 0) is 19.9 Å². The lowest BCUT2D eigenvalue weighted by Gasteiger charge is -2.26. The van der Waals surface area contributed by atoms with Crippen molar-refractivity contribution in [1.29, 1.82) is 0 Å². The molecule has 18 heavy (non-hydrogen) atoms. The van der Waals surface area contributed by atoms with Gasteiger partial charge in [0.2, 0.25) is 0 Å². The second-order valence-electron chi connectivity index (χ2n) is 4.08. The summed E-state index contributed by atoms with van der Waals surface area (Å²) in [6.45, 7) is 6.37. The summed E-state index contributed by atoms with van der Waals surface area (Å²) in [5.41, 5.74) is 2.20. The molecule has 0 aliphatic rings. The maximum absolute atomic E-state index is 5.91. The van der Waals surface area contributed by atoms with Gasteiger partial charge in [0.1, 0.15) is 0 Å². The molecule has 4 heteroatoms. The van der Waals surface area contributed by atoms with Crippen LogP contribution in [0.2, 0.25) is 6.04 Å². The fourth-order valence-corrected chi connectivity index (χ4v) is 3.74. The fourth-order valence-electron chi connectivity index (χ4n) is 1.79. The predicted octanol–water partition coefficient (Wildman–Crippen LogP) is 3.49. The Labute approximate surface area is 111 Å². The minimum absolute atomic E-state index is 0.510. The molecule has 0 heterocycles. The van der Waals surface area contributed by atoms with Crippen molar-refractivity contribution >= 4 is 14.9 Å². The molecule has 0 atom stereocenters. The van der Waals surface area contributed by atoms with E-state index in [1.807, 2.05) is 24.3 Å². The summed E-state index contributed by atoms with van der Waals surface area (Å²) in [7, 11) is 0.837. The standard InChI is InChI=1S/C14H22O3Si/c1-5-10-18(15-3,16-4)17-12-14-9-7-8-13(6-2)11-14/h6-9,11H,2,5,10,12H2,1,3-4H3. The maximum Gasteiger partial charge on any atom is 0.500 e. The van der Waals surface area contributed by atoms with Crippen LogP contribution in [0.3, 0.4) is 0 Å². The SMILES string of the molecule is C=Cc1cccc(CO[Si](CCC)(OC)OC)c1. The van der Waals surface area contributed by atoms with Gasteiger partial charge in [0.25, 0.3) is 0 Å². The van der Waals surface area contributed by atoms with Crippen LogP contribution in [0.4, 0.5) is 0 Å². The lowest BCUT2D eigenvalue weighted by atomic mass is 10.1. The minimum atomic E-state index is -2.48. The normalized spacial score (nSPS) is 11.5. The van der Waals surface area contributed by atoms with Gasteiger partial charge in [-0.25, -0.2) is 0 Å². The first kappa shape index (κ1) is 15.1. The zero-order valence-electron chi connectivity index (χ0n) is 11.4. The summed E-state index contributed by atoms with van der Waals surface area (Å²) in [5.74, 6) is 0. The van der Waals surface area contributed by atoms with Crippen molar-refractivity contribution in [3.8, 4) is 0 Å². The number of rotatable bonds is 8. The van der Waals surface area contributed by atoms with Gasteiger partial charge < -0.3 is 13.3 Å². The van der Waals surface area contributed by atoms with Gasteiger partial charge in [-0.05, 0) is 17.2 Å². The van der Waals surface area contributed by atoms with E-state index in [4.69, 9.17) is 13.3 Å². The third kappa shape index (κ3) is 4.06. The van der Waals surface area contributed by atoms with Crippen LogP contribution in [0.1, 0.15) is 24.5 Å². The smallest absolute Gasteiger partial charge is 0.377 e. The van der Waals surface area contributed by atoms with Gasteiger partial charge in [0.05, 0.1) is 6.61 Å². The van der Waals surface area contributed by atoms with E-state index in [0.29, 0.717) is 6.61 Å². The third-order valence-electron chi connectivity index (χ3n) is 2.82. The first-order valence-electron chi connectivity index (χ1n) is 6.15. The van der Waals surface area contributed by atoms with E-state index < -0.39 is 8.80 Å². The molecule has 0 spiro atoms. The Bertz CT molecular complexity index is 375. The van der Waals surface area contributed by atoms with Crippen molar-refractivity contribution in [1.82, 2.24) is 0 Å². The van der Waals surface area contributed by atoms with Crippen molar-refractivity contribution < 1.29 is 13.3 Å². The average Bonchev–Trinajstić information content (AvgIpc) is 2.44. The Balaban J connectivity index is 2.68. The molecule has 100 valence electrons. The molecule has 0 saturated heterocycles. The van der Waals surface area contributed by atoms with Gasteiger partial charge in [-0.3, -0.25) is 0 Å². The molecule has 3 nitrogen and oxygen atoms in total.